The lowest BCUT2D eigenvalue weighted by Gasteiger charge is -2.25. The minimum absolute atomic E-state index is 0.216. The number of hydrogen-bond donors (Lipinski definition) is 1. The van der Waals surface area contributed by atoms with Crippen LogP contribution in [-0.4, -0.2) is 27.4 Å². The third-order valence-electron chi connectivity index (χ3n) is 2.99. The van der Waals surface area contributed by atoms with Crippen LogP contribution < -0.4 is 14.9 Å². The number of fused-ring (bicyclic) bond motifs is 2. The first-order valence-corrected chi connectivity index (χ1v) is 6.57. The molecule has 1 atom stereocenters. The van der Waals surface area contributed by atoms with Gasteiger partial charge in [-0.2, -0.15) is 0 Å². The Hall–Kier alpha value is -1.89. The molecule has 1 N–H and O–H groups in total. The zero-order chi connectivity index (χ0) is 11.9. The maximum atomic E-state index is 5.40. The van der Waals surface area contributed by atoms with E-state index in [2.05, 4.69) is 21.7 Å². The van der Waals surface area contributed by atoms with Crippen molar-refractivity contribution in [1.82, 2.24) is 14.9 Å². The van der Waals surface area contributed by atoms with Crippen LogP contribution in [0.15, 0.2) is 29.7 Å². The van der Waals surface area contributed by atoms with Crippen LogP contribution in [0.3, 0.4) is 0 Å². The quantitative estimate of drug-likeness (QED) is 0.838. The van der Waals surface area contributed by atoms with E-state index >= 15 is 0 Å². The van der Waals surface area contributed by atoms with Gasteiger partial charge in [-0.05, 0) is 17.7 Å². The molecule has 4 rings (SSSR count). The van der Waals surface area contributed by atoms with Crippen LogP contribution in [0.25, 0.3) is 0 Å². The highest BCUT2D eigenvalue weighted by atomic mass is 32.2. The molecule has 92 valence electrons. The SMILES string of the molecule is c1cc2c(cc1C1CSc3nncn3N1)OCO2. The molecule has 1 unspecified atom stereocenters. The minimum atomic E-state index is 0.216. The molecule has 7 heteroatoms. The Morgan fingerprint density at radius 3 is 3.28 bits per heavy atom. The first-order chi connectivity index (χ1) is 8.90. The highest BCUT2D eigenvalue weighted by Crippen LogP contribution is 2.36. The highest BCUT2D eigenvalue weighted by Gasteiger charge is 2.23. The van der Waals surface area contributed by atoms with Crippen molar-refractivity contribution in [2.24, 2.45) is 0 Å². The van der Waals surface area contributed by atoms with Gasteiger partial charge >= 0.3 is 0 Å². The second-order valence-corrected chi connectivity index (χ2v) is 5.08. The van der Waals surface area contributed by atoms with Crippen molar-refractivity contribution in [1.29, 1.82) is 0 Å². The normalized spacial score (nSPS) is 20.3. The number of thioether (sulfide) groups is 1. The summed E-state index contributed by atoms with van der Waals surface area (Å²) in [6.07, 6.45) is 1.68. The van der Waals surface area contributed by atoms with Crippen LogP contribution in [0, 0.1) is 0 Å². The number of aromatic nitrogens is 3. The van der Waals surface area contributed by atoms with E-state index in [9.17, 15) is 0 Å². The molecular weight excluding hydrogens is 252 g/mol. The van der Waals surface area contributed by atoms with Gasteiger partial charge in [0.25, 0.3) is 0 Å². The molecule has 0 radical (unpaired) electrons. The van der Waals surface area contributed by atoms with Gasteiger partial charge < -0.3 is 14.9 Å². The Balaban J connectivity index is 1.65. The Bertz CT molecular complexity index is 600. The number of nitrogens with zero attached hydrogens (tertiary/aromatic N) is 3. The molecule has 2 aliphatic heterocycles. The number of ether oxygens (including phenoxy) is 2. The lowest BCUT2D eigenvalue weighted by atomic mass is 10.1. The highest BCUT2D eigenvalue weighted by molar-refractivity contribution is 7.99. The third kappa shape index (κ3) is 1.51. The van der Waals surface area contributed by atoms with Crippen LogP contribution in [0.1, 0.15) is 11.6 Å². The van der Waals surface area contributed by atoms with Crippen molar-refractivity contribution in [2.75, 3.05) is 18.0 Å². The summed E-state index contributed by atoms with van der Waals surface area (Å²) in [4.78, 5) is 0. The van der Waals surface area contributed by atoms with Crippen molar-refractivity contribution < 1.29 is 9.47 Å². The van der Waals surface area contributed by atoms with Crippen LogP contribution >= 0.6 is 11.8 Å². The molecular formula is C11H10N4O2S. The van der Waals surface area contributed by atoms with Crippen LogP contribution in [0.2, 0.25) is 0 Å². The van der Waals surface area contributed by atoms with Gasteiger partial charge in [-0.3, -0.25) is 0 Å². The zero-order valence-corrected chi connectivity index (χ0v) is 10.2. The lowest BCUT2D eigenvalue weighted by Crippen LogP contribution is -2.27. The van der Waals surface area contributed by atoms with Crippen molar-refractivity contribution in [2.45, 2.75) is 11.2 Å². The number of benzene rings is 1. The Labute approximate surface area is 107 Å². The molecule has 0 saturated carbocycles. The van der Waals surface area contributed by atoms with Crippen molar-refractivity contribution in [3.8, 4) is 11.5 Å². The number of hydrogen-bond acceptors (Lipinski definition) is 6. The average molecular weight is 262 g/mol. The average Bonchev–Trinajstić information content (AvgIpc) is 3.05. The van der Waals surface area contributed by atoms with Gasteiger partial charge in [0.05, 0.1) is 6.04 Å². The fourth-order valence-corrected chi connectivity index (χ4v) is 3.00. The number of rotatable bonds is 1. The van der Waals surface area contributed by atoms with Crippen LogP contribution in [0.5, 0.6) is 11.5 Å². The summed E-state index contributed by atoms with van der Waals surface area (Å²) in [6, 6.07) is 6.25. The Morgan fingerprint density at radius 1 is 1.33 bits per heavy atom. The first-order valence-electron chi connectivity index (χ1n) is 5.59. The van der Waals surface area contributed by atoms with E-state index in [1.165, 1.54) is 5.56 Å². The predicted octanol–water partition coefficient (Wildman–Crippen LogP) is 1.40. The lowest BCUT2D eigenvalue weighted by molar-refractivity contribution is 0.174. The molecule has 1 aromatic carbocycles. The summed E-state index contributed by atoms with van der Waals surface area (Å²) in [6.45, 7) is 0.307. The van der Waals surface area contributed by atoms with Gasteiger partial charge in [0, 0.05) is 5.75 Å². The summed E-state index contributed by atoms with van der Waals surface area (Å²) < 4.78 is 12.6. The van der Waals surface area contributed by atoms with Gasteiger partial charge in [0.15, 0.2) is 11.5 Å². The van der Waals surface area contributed by atoms with Gasteiger partial charge in [-0.1, -0.05) is 17.8 Å². The number of nitrogens with one attached hydrogen (secondary N) is 1. The minimum Gasteiger partial charge on any atom is -0.454 e. The second-order valence-electron chi connectivity index (χ2n) is 4.09. The molecule has 0 bridgehead atoms. The van der Waals surface area contributed by atoms with Crippen molar-refractivity contribution in [3.63, 3.8) is 0 Å². The summed E-state index contributed by atoms with van der Waals surface area (Å²) in [5, 5.41) is 8.78. The summed E-state index contributed by atoms with van der Waals surface area (Å²) in [7, 11) is 0. The van der Waals surface area contributed by atoms with E-state index in [1.54, 1.807) is 18.1 Å². The molecule has 2 aromatic rings. The van der Waals surface area contributed by atoms with E-state index in [0.717, 1.165) is 22.4 Å². The van der Waals surface area contributed by atoms with Gasteiger partial charge in [-0.25, -0.2) is 4.68 Å². The smallest absolute Gasteiger partial charge is 0.231 e. The third-order valence-corrected chi connectivity index (χ3v) is 4.03. The van der Waals surface area contributed by atoms with Crippen molar-refractivity contribution in [3.05, 3.63) is 30.1 Å². The van der Waals surface area contributed by atoms with Crippen molar-refractivity contribution >= 4 is 11.8 Å². The fraction of sp³-hybridized carbons (Fsp3) is 0.273. The molecule has 0 spiro atoms. The van der Waals surface area contributed by atoms with Gasteiger partial charge in [-0.15, -0.1) is 10.2 Å². The summed E-state index contributed by atoms with van der Waals surface area (Å²) in [5.41, 5.74) is 4.53. The van der Waals surface area contributed by atoms with Crippen LogP contribution in [0.4, 0.5) is 0 Å². The first kappa shape index (κ1) is 10.1. The van der Waals surface area contributed by atoms with E-state index < -0.39 is 0 Å². The van der Waals surface area contributed by atoms with E-state index in [1.807, 2.05) is 16.8 Å². The molecule has 1 aromatic heterocycles. The molecule has 0 aliphatic carbocycles. The topological polar surface area (TPSA) is 61.2 Å². The molecule has 0 fully saturated rings. The molecule has 6 nitrogen and oxygen atoms in total. The van der Waals surface area contributed by atoms with Crippen LogP contribution in [-0.2, 0) is 0 Å². The maximum absolute atomic E-state index is 5.40. The Kier molecular flexibility index (Phi) is 2.13. The van der Waals surface area contributed by atoms with Gasteiger partial charge in [0.1, 0.15) is 6.33 Å². The summed E-state index contributed by atoms with van der Waals surface area (Å²) in [5.74, 6) is 2.54. The molecule has 0 amide bonds. The zero-order valence-electron chi connectivity index (χ0n) is 9.37. The fourth-order valence-electron chi connectivity index (χ4n) is 2.08. The van der Waals surface area contributed by atoms with E-state index in [0.29, 0.717) is 6.79 Å². The predicted molar refractivity (Wildman–Crippen MR) is 65.4 cm³/mol. The van der Waals surface area contributed by atoms with E-state index in [4.69, 9.17) is 9.47 Å². The second kappa shape index (κ2) is 3.81. The molecule has 0 saturated heterocycles. The van der Waals surface area contributed by atoms with E-state index in [-0.39, 0.29) is 6.04 Å². The Morgan fingerprint density at radius 2 is 2.28 bits per heavy atom. The largest absolute Gasteiger partial charge is 0.454 e. The summed E-state index contributed by atoms with van der Waals surface area (Å²) >= 11 is 1.69. The molecule has 3 heterocycles. The van der Waals surface area contributed by atoms with Gasteiger partial charge in [0.2, 0.25) is 11.9 Å². The maximum Gasteiger partial charge on any atom is 0.231 e. The molecule has 2 aliphatic rings. The standard InChI is InChI=1S/C11H10N4O2S/c1-2-9-10(17-6-16-9)3-7(1)8-4-18-11-13-12-5-15(11)14-8/h1-3,5,8,14H,4,6H2. The monoisotopic (exact) mass is 262 g/mol. The molecule has 18 heavy (non-hydrogen) atoms.